The van der Waals surface area contributed by atoms with Crippen LogP contribution in [0.15, 0.2) is 34.7 Å². The average Bonchev–Trinajstić information content (AvgIpc) is 2.60. The second kappa shape index (κ2) is 4.37. The molecule has 0 saturated carbocycles. The molecule has 0 aliphatic rings. The monoisotopic (exact) mass is 237 g/mol. The molecule has 5 heteroatoms. The minimum atomic E-state index is -1.00. The Kier molecular flexibility index (Phi) is 2.92. The number of nitrogens with zero attached hydrogens (tertiary/aromatic N) is 1. The van der Waals surface area contributed by atoms with Crippen molar-refractivity contribution in [2.75, 3.05) is 0 Å². The fraction of sp³-hybridized carbons (Fsp3) is 0.0909. The maximum atomic E-state index is 10.5. The third-order valence-corrected chi connectivity index (χ3v) is 2.22. The van der Waals surface area contributed by atoms with Gasteiger partial charge in [-0.25, -0.2) is 4.98 Å². The number of hydrogen-bond donors (Lipinski definition) is 1. The zero-order valence-corrected chi connectivity index (χ0v) is 8.94. The number of aliphatic carboxylic acids is 1. The van der Waals surface area contributed by atoms with Crippen molar-refractivity contribution in [1.82, 2.24) is 4.98 Å². The molecule has 0 aliphatic heterocycles. The fourth-order valence-corrected chi connectivity index (χ4v) is 1.56. The maximum Gasteiger partial charge on any atom is 0.312 e. The van der Waals surface area contributed by atoms with Gasteiger partial charge in [0.15, 0.2) is 10.9 Å². The number of carboxylic acid groups (broad SMARTS) is 1. The largest absolute Gasteiger partial charge is 0.481 e. The molecule has 0 bridgehead atoms. The van der Waals surface area contributed by atoms with Crippen LogP contribution in [0.25, 0.3) is 11.3 Å². The van der Waals surface area contributed by atoms with Crippen LogP contribution in [-0.4, -0.2) is 16.1 Å². The van der Waals surface area contributed by atoms with Gasteiger partial charge < -0.3 is 9.52 Å². The first kappa shape index (κ1) is 10.7. The van der Waals surface area contributed by atoms with Crippen molar-refractivity contribution in [3.05, 3.63) is 41.4 Å². The number of hydrogen-bond acceptors (Lipinski definition) is 3. The molecule has 0 saturated heterocycles. The van der Waals surface area contributed by atoms with Crippen LogP contribution in [0, 0.1) is 0 Å². The lowest BCUT2D eigenvalue weighted by atomic mass is 10.2. The molecule has 1 N–H and O–H groups in total. The highest BCUT2D eigenvalue weighted by molar-refractivity contribution is 6.31. The minimum Gasteiger partial charge on any atom is -0.481 e. The van der Waals surface area contributed by atoms with Gasteiger partial charge in [-0.3, -0.25) is 4.79 Å². The van der Waals surface area contributed by atoms with Crippen LogP contribution in [-0.2, 0) is 11.2 Å². The Bertz CT molecular complexity index is 507. The molecule has 82 valence electrons. The molecule has 0 radical (unpaired) electrons. The van der Waals surface area contributed by atoms with Crippen molar-refractivity contribution in [2.45, 2.75) is 6.42 Å². The fourth-order valence-electron chi connectivity index (χ4n) is 1.32. The van der Waals surface area contributed by atoms with Crippen LogP contribution < -0.4 is 0 Å². The molecule has 1 heterocycles. The van der Waals surface area contributed by atoms with Crippen LogP contribution in [0.1, 0.15) is 5.89 Å². The lowest BCUT2D eigenvalue weighted by Gasteiger charge is -1.94. The summed E-state index contributed by atoms with van der Waals surface area (Å²) in [6.45, 7) is 0. The van der Waals surface area contributed by atoms with Gasteiger partial charge in [0.05, 0.1) is 0 Å². The Labute approximate surface area is 96.5 Å². The molecule has 0 fully saturated rings. The first-order valence-corrected chi connectivity index (χ1v) is 4.97. The first-order valence-electron chi connectivity index (χ1n) is 4.59. The second-order valence-corrected chi connectivity index (χ2v) is 3.52. The van der Waals surface area contributed by atoms with Crippen molar-refractivity contribution < 1.29 is 14.3 Å². The molecule has 0 spiro atoms. The highest BCUT2D eigenvalue weighted by Gasteiger charge is 2.14. The number of oxazole rings is 1. The molecule has 16 heavy (non-hydrogen) atoms. The van der Waals surface area contributed by atoms with Gasteiger partial charge in [0.1, 0.15) is 6.42 Å². The molecule has 0 amide bonds. The number of carboxylic acids is 1. The van der Waals surface area contributed by atoms with Gasteiger partial charge in [-0.1, -0.05) is 41.9 Å². The summed E-state index contributed by atoms with van der Waals surface area (Å²) in [5.74, 6) is -0.493. The lowest BCUT2D eigenvalue weighted by Crippen LogP contribution is -1.99. The van der Waals surface area contributed by atoms with E-state index in [1.54, 1.807) is 0 Å². The van der Waals surface area contributed by atoms with Crippen LogP contribution in [0.3, 0.4) is 0 Å². The van der Waals surface area contributed by atoms with Crippen molar-refractivity contribution in [3.8, 4) is 11.3 Å². The normalized spacial score (nSPS) is 10.3. The Morgan fingerprint density at radius 1 is 1.38 bits per heavy atom. The number of halogens is 1. The zero-order valence-electron chi connectivity index (χ0n) is 8.18. The highest BCUT2D eigenvalue weighted by Crippen LogP contribution is 2.28. The molecule has 0 aliphatic carbocycles. The standard InChI is InChI=1S/C11H8ClNO3/c12-11-10(7-4-2-1-3-5-7)16-8(13-11)6-9(14)15/h1-5H,6H2,(H,14,15). The first-order chi connectivity index (χ1) is 7.66. The summed E-state index contributed by atoms with van der Waals surface area (Å²) in [5, 5.41) is 8.78. The third-order valence-electron chi connectivity index (χ3n) is 1.97. The van der Waals surface area contributed by atoms with E-state index in [4.69, 9.17) is 21.1 Å². The molecule has 2 rings (SSSR count). The molecule has 1 aromatic carbocycles. The van der Waals surface area contributed by atoms with Crippen molar-refractivity contribution in [2.24, 2.45) is 0 Å². The molecule has 2 aromatic rings. The van der Waals surface area contributed by atoms with Gasteiger partial charge in [0.2, 0.25) is 5.89 Å². The summed E-state index contributed by atoms with van der Waals surface area (Å²) in [6.07, 6.45) is -0.271. The number of rotatable bonds is 3. The number of carbonyl (C=O) groups is 1. The molecule has 4 nitrogen and oxygen atoms in total. The number of aromatic nitrogens is 1. The van der Waals surface area contributed by atoms with Crippen LogP contribution in [0.2, 0.25) is 5.15 Å². The van der Waals surface area contributed by atoms with Gasteiger partial charge in [-0.15, -0.1) is 0 Å². The summed E-state index contributed by atoms with van der Waals surface area (Å²) in [6, 6.07) is 9.18. The van der Waals surface area contributed by atoms with Gasteiger partial charge in [0.25, 0.3) is 0 Å². The summed E-state index contributed by atoms with van der Waals surface area (Å²) >= 11 is 5.87. The van der Waals surface area contributed by atoms with E-state index in [1.165, 1.54) is 0 Å². The number of benzene rings is 1. The predicted molar refractivity (Wildman–Crippen MR) is 58.3 cm³/mol. The molecule has 0 unspecified atom stereocenters. The Morgan fingerprint density at radius 2 is 2.06 bits per heavy atom. The molecule has 1 aromatic heterocycles. The van der Waals surface area contributed by atoms with Crippen molar-refractivity contribution >= 4 is 17.6 Å². The minimum absolute atomic E-state index is 0.108. The van der Waals surface area contributed by atoms with Gasteiger partial charge in [0, 0.05) is 5.56 Å². The predicted octanol–water partition coefficient (Wildman–Crippen LogP) is 2.62. The average molecular weight is 238 g/mol. The SMILES string of the molecule is O=C(O)Cc1nc(Cl)c(-c2ccccc2)o1. The quantitative estimate of drug-likeness (QED) is 0.891. The molecular formula is C11H8ClNO3. The Balaban J connectivity index is 2.36. The molecular weight excluding hydrogens is 230 g/mol. The van der Waals surface area contributed by atoms with E-state index in [2.05, 4.69) is 4.98 Å². The molecule has 0 atom stereocenters. The Morgan fingerprint density at radius 3 is 2.69 bits per heavy atom. The van der Waals surface area contributed by atoms with Crippen LogP contribution >= 0.6 is 11.6 Å². The van der Waals surface area contributed by atoms with E-state index < -0.39 is 5.97 Å². The van der Waals surface area contributed by atoms with E-state index in [9.17, 15) is 4.79 Å². The van der Waals surface area contributed by atoms with Crippen LogP contribution in [0.4, 0.5) is 0 Å². The lowest BCUT2D eigenvalue weighted by molar-refractivity contribution is -0.136. The second-order valence-electron chi connectivity index (χ2n) is 3.16. The highest BCUT2D eigenvalue weighted by atomic mass is 35.5. The topological polar surface area (TPSA) is 63.3 Å². The van der Waals surface area contributed by atoms with Gasteiger partial charge in [-0.05, 0) is 0 Å². The maximum absolute atomic E-state index is 10.5. The van der Waals surface area contributed by atoms with Gasteiger partial charge in [-0.2, -0.15) is 0 Å². The van der Waals surface area contributed by atoms with Gasteiger partial charge >= 0.3 is 5.97 Å². The smallest absolute Gasteiger partial charge is 0.312 e. The van der Waals surface area contributed by atoms with Crippen molar-refractivity contribution in [3.63, 3.8) is 0 Å². The summed E-state index contributed by atoms with van der Waals surface area (Å²) in [7, 11) is 0. The van der Waals surface area contributed by atoms with E-state index in [1.807, 2.05) is 30.3 Å². The van der Waals surface area contributed by atoms with Crippen molar-refractivity contribution in [1.29, 1.82) is 0 Å². The summed E-state index contributed by atoms with van der Waals surface area (Å²) in [4.78, 5) is 14.3. The van der Waals surface area contributed by atoms with E-state index in [-0.39, 0.29) is 17.5 Å². The van der Waals surface area contributed by atoms with E-state index in [0.717, 1.165) is 5.56 Å². The van der Waals surface area contributed by atoms with Crippen LogP contribution in [0.5, 0.6) is 0 Å². The summed E-state index contributed by atoms with van der Waals surface area (Å²) < 4.78 is 5.29. The third kappa shape index (κ3) is 2.23. The van der Waals surface area contributed by atoms with E-state index in [0.29, 0.717) is 5.76 Å². The zero-order chi connectivity index (χ0) is 11.5. The Hall–Kier alpha value is -1.81. The van der Waals surface area contributed by atoms with E-state index >= 15 is 0 Å². The summed E-state index contributed by atoms with van der Waals surface area (Å²) in [5.41, 5.74) is 0.775.